The first-order valence-electron chi connectivity index (χ1n) is 6.12. The van der Waals surface area contributed by atoms with Gasteiger partial charge in [-0.3, -0.25) is 0 Å². The second kappa shape index (κ2) is 30.5. The first-order valence-corrected chi connectivity index (χ1v) is 6.12. The van der Waals surface area contributed by atoms with Crippen LogP contribution in [0.4, 0.5) is 0 Å². The molecule has 0 aliphatic heterocycles. The third-order valence-corrected chi connectivity index (χ3v) is 2.56. The van der Waals surface area contributed by atoms with Gasteiger partial charge in [0.25, 0.3) is 0 Å². The number of rotatable bonds is 10. The predicted octanol–water partition coefficient (Wildman–Crippen LogP) is -1.71. The summed E-state index contributed by atoms with van der Waals surface area (Å²) < 4.78 is 0. The van der Waals surface area contributed by atoms with Gasteiger partial charge in [0.1, 0.15) is 0 Å². The van der Waals surface area contributed by atoms with E-state index in [4.69, 9.17) is 5.73 Å². The van der Waals surface area contributed by atoms with Crippen molar-refractivity contribution < 1.29 is 44.3 Å². The minimum absolute atomic E-state index is 0. The Kier molecular flexibility index (Phi) is 55.7. The average molecular weight is 358 g/mol. The van der Waals surface area contributed by atoms with Crippen LogP contribution in [0.5, 0.6) is 0 Å². The molecule has 1 nitrogen and oxygen atoms in total. The van der Waals surface area contributed by atoms with Gasteiger partial charge in [-0.1, -0.05) is 64.7 Å². The number of halogens is 3. The molecular weight excluding hydrogens is 330 g/mol. The molecule has 2 N–H and O–H groups in total. The van der Waals surface area contributed by atoms with Crippen molar-refractivity contribution in [3.8, 4) is 0 Å². The van der Waals surface area contributed by atoms with Gasteiger partial charge < -0.3 is 30.5 Å². The van der Waals surface area contributed by atoms with Crippen molar-refractivity contribution in [2.75, 3.05) is 6.54 Å². The minimum Gasteiger partial charge on any atom is -1.00 e. The Labute approximate surface area is 139 Å². The van der Waals surface area contributed by atoms with E-state index in [2.05, 4.69) is 6.92 Å². The fourth-order valence-electron chi connectivity index (χ4n) is 1.63. The summed E-state index contributed by atoms with van der Waals surface area (Å²) in [4.78, 5) is 0. The zero-order valence-electron chi connectivity index (χ0n) is 11.2. The SMILES string of the molecule is CCCCCCCCCCCCN.Cl.[Cl-].[Cl-].[Zn+2]. The number of hydrogen-bond donors (Lipinski definition) is 1. The number of unbranched alkanes of at least 4 members (excludes halogenated alkanes) is 9. The molecule has 0 rings (SSSR count). The monoisotopic (exact) mass is 355 g/mol. The van der Waals surface area contributed by atoms with Gasteiger partial charge in [-0.2, -0.15) is 0 Å². The molecule has 0 atom stereocenters. The molecule has 0 radical (unpaired) electrons. The largest absolute Gasteiger partial charge is 2.00 e. The smallest absolute Gasteiger partial charge is 1.00 e. The molecule has 0 aliphatic rings. The Hall–Kier alpha value is 1.45. The Balaban J connectivity index is -0.000000120. The van der Waals surface area contributed by atoms with Crippen LogP contribution in [0.2, 0.25) is 0 Å². The maximum absolute atomic E-state index is 5.42. The molecule has 0 aromatic heterocycles. The van der Waals surface area contributed by atoms with Crippen LogP contribution in [-0.4, -0.2) is 6.54 Å². The zero-order chi connectivity index (χ0) is 9.78. The van der Waals surface area contributed by atoms with E-state index in [1.807, 2.05) is 0 Å². The molecule has 5 heteroatoms. The molecule has 0 saturated heterocycles. The van der Waals surface area contributed by atoms with E-state index < -0.39 is 0 Å². The Morgan fingerprint density at radius 1 is 0.647 bits per heavy atom. The van der Waals surface area contributed by atoms with Crippen molar-refractivity contribution in [1.29, 1.82) is 0 Å². The van der Waals surface area contributed by atoms with Crippen molar-refractivity contribution in [2.24, 2.45) is 5.73 Å². The van der Waals surface area contributed by atoms with Crippen LogP contribution < -0.4 is 30.5 Å². The summed E-state index contributed by atoms with van der Waals surface area (Å²) in [6, 6.07) is 0. The summed E-state index contributed by atoms with van der Waals surface area (Å²) in [6.45, 7) is 3.14. The van der Waals surface area contributed by atoms with E-state index in [1.165, 1.54) is 64.2 Å². The number of nitrogens with two attached hydrogens (primary N) is 1. The number of hydrogen-bond acceptors (Lipinski definition) is 1. The molecular formula is C12H28Cl3NZn. The van der Waals surface area contributed by atoms with Crippen molar-refractivity contribution in [3.63, 3.8) is 0 Å². The summed E-state index contributed by atoms with van der Waals surface area (Å²) in [5.74, 6) is 0. The molecule has 17 heavy (non-hydrogen) atoms. The normalized spacial score (nSPS) is 8.12. The second-order valence-corrected chi connectivity index (χ2v) is 3.97. The maximum atomic E-state index is 5.42. The summed E-state index contributed by atoms with van der Waals surface area (Å²) in [5.41, 5.74) is 5.42. The van der Waals surface area contributed by atoms with Gasteiger partial charge in [0, 0.05) is 0 Å². The third-order valence-electron chi connectivity index (χ3n) is 2.56. The predicted molar refractivity (Wildman–Crippen MR) is 68.1 cm³/mol. The standard InChI is InChI=1S/C12H27N.3ClH.Zn/c1-2-3-4-5-6-7-8-9-10-11-12-13;;;;/h2-13H2,1H3;3*1H;/q;;;;+2/p-2. The van der Waals surface area contributed by atoms with Gasteiger partial charge in [-0.15, -0.1) is 12.4 Å². The van der Waals surface area contributed by atoms with Crippen molar-refractivity contribution in [2.45, 2.75) is 71.1 Å². The van der Waals surface area contributed by atoms with Crippen molar-refractivity contribution in [3.05, 3.63) is 0 Å². The van der Waals surface area contributed by atoms with E-state index >= 15 is 0 Å². The average Bonchev–Trinajstić information content (AvgIpc) is 2.16. The van der Waals surface area contributed by atoms with E-state index in [0.717, 1.165) is 6.54 Å². The molecule has 0 heterocycles. The van der Waals surface area contributed by atoms with Crippen LogP contribution in [-0.2, 0) is 19.5 Å². The molecule has 0 aromatic carbocycles. The van der Waals surface area contributed by atoms with Gasteiger partial charge in [-0.25, -0.2) is 0 Å². The van der Waals surface area contributed by atoms with Crippen LogP contribution >= 0.6 is 12.4 Å². The fourth-order valence-corrected chi connectivity index (χ4v) is 1.63. The Morgan fingerprint density at radius 2 is 0.941 bits per heavy atom. The maximum Gasteiger partial charge on any atom is 2.00 e. The summed E-state index contributed by atoms with van der Waals surface area (Å²) in [6.07, 6.45) is 13.9. The first-order chi connectivity index (χ1) is 6.41. The van der Waals surface area contributed by atoms with Crippen LogP contribution in [0, 0.1) is 0 Å². The molecule has 0 spiro atoms. The van der Waals surface area contributed by atoms with Crippen LogP contribution in [0.15, 0.2) is 0 Å². The first kappa shape index (κ1) is 31.1. The van der Waals surface area contributed by atoms with Crippen molar-refractivity contribution in [1.82, 2.24) is 0 Å². The Bertz CT molecular complexity index is 87.8. The quantitative estimate of drug-likeness (QED) is 0.366. The second-order valence-electron chi connectivity index (χ2n) is 3.97. The molecule has 0 aromatic rings. The van der Waals surface area contributed by atoms with E-state index in [1.54, 1.807) is 0 Å². The third kappa shape index (κ3) is 31.8. The van der Waals surface area contributed by atoms with Crippen molar-refractivity contribution >= 4 is 12.4 Å². The molecule has 0 amide bonds. The van der Waals surface area contributed by atoms with Gasteiger partial charge in [0.05, 0.1) is 0 Å². The fraction of sp³-hybridized carbons (Fsp3) is 1.00. The van der Waals surface area contributed by atoms with Gasteiger partial charge in [0.2, 0.25) is 0 Å². The Morgan fingerprint density at radius 3 is 1.24 bits per heavy atom. The molecule has 0 saturated carbocycles. The van der Waals surface area contributed by atoms with E-state index in [-0.39, 0.29) is 56.7 Å². The van der Waals surface area contributed by atoms with Gasteiger partial charge >= 0.3 is 19.5 Å². The van der Waals surface area contributed by atoms with E-state index in [0.29, 0.717) is 0 Å². The van der Waals surface area contributed by atoms with Crippen LogP contribution in [0.25, 0.3) is 0 Å². The molecule has 0 fully saturated rings. The molecule has 0 aliphatic carbocycles. The minimum atomic E-state index is 0. The van der Waals surface area contributed by atoms with Crippen LogP contribution in [0.1, 0.15) is 71.1 Å². The molecule has 0 unspecified atom stereocenters. The summed E-state index contributed by atoms with van der Waals surface area (Å²) in [5, 5.41) is 0. The molecule has 104 valence electrons. The zero-order valence-corrected chi connectivity index (χ0v) is 16.5. The topological polar surface area (TPSA) is 26.0 Å². The van der Waals surface area contributed by atoms with Gasteiger partial charge in [0.15, 0.2) is 0 Å². The molecule has 0 bridgehead atoms. The summed E-state index contributed by atoms with van der Waals surface area (Å²) >= 11 is 0. The van der Waals surface area contributed by atoms with Gasteiger partial charge in [-0.05, 0) is 13.0 Å². The summed E-state index contributed by atoms with van der Waals surface area (Å²) in [7, 11) is 0. The van der Waals surface area contributed by atoms with Crippen LogP contribution in [0.3, 0.4) is 0 Å². The van der Waals surface area contributed by atoms with E-state index in [9.17, 15) is 0 Å².